The molecule has 0 aliphatic heterocycles. The Morgan fingerprint density at radius 2 is 2.03 bits per heavy atom. The van der Waals surface area contributed by atoms with Crippen molar-refractivity contribution in [2.75, 3.05) is 13.7 Å². The molecular weight excluding hydrogens is 499 g/mol. The van der Waals surface area contributed by atoms with Crippen LogP contribution in [0, 0.1) is 6.92 Å². The van der Waals surface area contributed by atoms with E-state index in [1.54, 1.807) is 6.08 Å². The second-order valence-corrected chi connectivity index (χ2v) is 7.79. The van der Waals surface area contributed by atoms with Gasteiger partial charge in [-0.3, -0.25) is 0 Å². The first-order valence-corrected chi connectivity index (χ1v) is 10.6. The van der Waals surface area contributed by atoms with Gasteiger partial charge < -0.3 is 20.3 Å². The van der Waals surface area contributed by atoms with Gasteiger partial charge in [0.1, 0.15) is 6.61 Å². The number of nitrogens with zero attached hydrogens (tertiary/aromatic N) is 3. The van der Waals surface area contributed by atoms with E-state index in [-0.39, 0.29) is 53.2 Å². The number of aromatic carboxylic acids is 1. The lowest BCUT2D eigenvalue weighted by Crippen LogP contribution is -2.12. The molecule has 0 spiro atoms. The van der Waals surface area contributed by atoms with Gasteiger partial charge >= 0.3 is 17.9 Å². The van der Waals surface area contributed by atoms with Crippen LogP contribution in [0.3, 0.4) is 0 Å². The third-order valence-corrected chi connectivity index (χ3v) is 5.49. The number of aromatic nitrogens is 3. The molecule has 2 heterocycles. The lowest BCUT2D eigenvalue weighted by atomic mass is 9.98. The van der Waals surface area contributed by atoms with Gasteiger partial charge in [0.05, 0.1) is 12.7 Å². The molecule has 3 N–H and O–H groups in total. The number of benzene rings is 1. The molecule has 0 saturated carbocycles. The quantitative estimate of drug-likeness (QED) is 0.379. The van der Waals surface area contributed by atoms with E-state index in [0.29, 0.717) is 5.56 Å². The third kappa shape index (κ3) is 5.97. The monoisotopic (exact) mass is 522 g/mol. The van der Waals surface area contributed by atoms with Gasteiger partial charge in [0.15, 0.2) is 22.2 Å². The maximum absolute atomic E-state index is 11.8. The Labute approximate surface area is 212 Å². The molecule has 186 valence electrons. The van der Waals surface area contributed by atoms with Crippen LogP contribution in [-0.2, 0) is 15.9 Å². The number of esters is 2. The summed E-state index contributed by atoms with van der Waals surface area (Å²) in [4.78, 5) is 38.0. The topological polar surface area (TPSA) is 146 Å². The molecule has 0 bridgehead atoms. The van der Waals surface area contributed by atoms with Crippen molar-refractivity contribution < 1.29 is 29.0 Å². The van der Waals surface area contributed by atoms with Gasteiger partial charge in [0.25, 0.3) is 0 Å². The van der Waals surface area contributed by atoms with Gasteiger partial charge in [-0.25, -0.2) is 23.9 Å². The first-order valence-electron chi connectivity index (χ1n) is 10.2. The molecule has 35 heavy (non-hydrogen) atoms. The second kappa shape index (κ2) is 11.8. The summed E-state index contributed by atoms with van der Waals surface area (Å²) < 4.78 is 10.6. The zero-order chi connectivity index (χ0) is 25.0. The van der Waals surface area contributed by atoms with Crippen molar-refractivity contribution in [2.24, 2.45) is 5.73 Å². The molecule has 1 atom stereocenters. The van der Waals surface area contributed by atoms with E-state index in [0.717, 1.165) is 29.0 Å². The van der Waals surface area contributed by atoms with Gasteiger partial charge in [-0.05, 0) is 42.5 Å². The molecule has 0 amide bonds. The molecule has 2 aromatic heterocycles. The van der Waals surface area contributed by atoms with E-state index in [1.165, 1.54) is 24.3 Å². The number of carboxylic acid groups (broad SMARTS) is 1. The molecular formula is C23H24Cl2N4O6. The fourth-order valence-corrected chi connectivity index (χ4v) is 3.83. The Balaban J connectivity index is 0.000000240. The van der Waals surface area contributed by atoms with E-state index >= 15 is 0 Å². The maximum Gasteiger partial charge on any atom is 0.356 e. The summed E-state index contributed by atoms with van der Waals surface area (Å²) in [5.41, 5.74) is 9.84. The Morgan fingerprint density at radius 3 is 2.66 bits per heavy atom. The summed E-state index contributed by atoms with van der Waals surface area (Å²) >= 11 is 5.64. The highest BCUT2D eigenvalue weighted by Crippen LogP contribution is 2.33. The van der Waals surface area contributed by atoms with Crippen molar-refractivity contribution in [1.82, 2.24) is 14.6 Å². The van der Waals surface area contributed by atoms with Crippen molar-refractivity contribution in [3.8, 4) is 0 Å². The number of carboxylic acids is 1. The maximum atomic E-state index is 11.8. The highest BCUT2D eigenvalue weighted by Gasteiger charge is 2.24. The molecule has 4 rings (SSSR count). The molecule has 1 aliphatic carbocycles. The lowest BCUT2D eigenvalue weighted by Gasteiger charge is -2.11. The molecule has 0 saturated heterocycles. The fraction of sp³-hybridized carbons (Fsp3) is 0.261. The van der Waals surface area contributed by atoms with Crippen LogP contribution in [0.2, 0.25) is 5.15 Å². The SMILES string of the molecule is C=CCOC(=O)c1ccc2c(c1C)CC[C@@H]2N.COC(=O)c1cc(C(=O)O)n2nc(Cl)cc2n1.Cl. The normalized spacial score (nSPS) is 13.7. The smallest absolute Gasteiger partial charge is 0.356 e. The lowest BCUT2D eigenvalue weighted by molar-refractivity contribution is 0.0546. The predicted octanol–water partition coefficient (Wildman–Crippen LogP) is 3.57. The highest BCUT2D eigenvalue weighted by atomic mass is 35.5. The van der Waals surface area contributed by atoms with Crippen LogP contribution in [0.5, 0.6) is 0 Å². The number of rotatable bonds is 5. The predicted molar refractivity (Wildman–Crippen MR) is 130 cm³/mol. The van der Waals surface area contributed by atoms with E-state index in [9.17, 15) is 14.4 Å². The minimum absolute atomic E-state index is 0. The zero-order valence-corrected chi connectivity index (χ0v) is 20.6. The fourth-order valence-electron chi connectivity index (χ4n) is 3.65. The largest absolute Gasteiger partial charge is 0.477 e. The van der Waals surface area contributed by atoms with Crippen LogP contribution in [0.25, 0.3) is 5.65 Å². The minimum Gasteiger partial charge on any atom is -0.477 e. The molecule has 1 aliphatic rings. The van der Waals surface area contributed by atoms with E-state index in [1.807, 2.05) is 19.1 Å². The second-order valence-electron chi connectivity index (χ2n) is 7.40. The Kier molecular flexibility index (Phi) is 9.35. The number of carbonyl (C=O) groups is 3. The Bertz CT molecular complexity index is 1290. The van der Waals surface area contributed by atoms with Crippen LogP contribution < -0.4 is 5.73 Å². The summed E-state index contributed by atoms with van der Waals surface area (Å²) in [7, 11) is 1.18. The van der Waals surface area contributed by atoms with Gasteiger partial charge in [-0.2, -0.15) is 5.10 Å². The van der Waals surface area contributed by atoms with Gasteiger partial charge in [-0.1, -0.05) is 30.3 Å². The molecule has 0 fully saturated rings. The molecule has 1 aromatic carbocycles. The number of ether oxygens (including phenoxy) is 2. The van der Waals surface area contributed by atoms with Crippen LogP contribution in [-0.4, -0.2) is 51.3 Å². The summed E-state index contributed by atoms with van der Waals surface area (Å²) in [5, 5.41) is 12.8. The first-order chi connectivity index (χ1) is 16.2. The summed E-state index contributed by atoms with van der Waals surface area (Å²) in [6.07, 6.45) is 3.47. The number of hydrogen-bond acceptors (Lipinski definition) is 8. The number of hydrogen-bond donors (Lipinski definition) is 2. The summed E-state index contributed by atoms with van der Waals surface area (Å²) in [5.74, 6) is -2.26. The first kappa shape index (κ1) is 27.8. The van der Waals surface area contributed by atoms with Crippen molar-refractivity contribution in [1.29, 1.82) is 0 Å². The van der Waals surface area contributed by atoms with Crippen molar-refractivity contribution in [2.45, 2.75) is 25.8 Å². The molecule has 0 radical (unpaired) electrons. The third-order valence-electron chi connectivity index (χ3n) is 5.30. The van der Waals surface area contributed by atoms with Crippen molar-refractivity contribution in [3.05, 3.63) is 75.7 Å². The standard InChI is InChI=1S/C14H17NO2.C9H6ClN3O4.ClH/c1-3-8-17-14(16)11-4-5-12-10(9(11)2)6-7-13(12)15;1-17-9(16)4-2-5(8(14)15)13-7(11-4)3-6(10)12-13;/h3-5,13H,1,6-8,15H2,2H3;2-3H,1H3,(H,14,15);1H/t13-;;/m0../s1. The Hall–Kier alpha value is -3.47. The van der Waals surface area contributed by atoms with E-state index in [2.05, 4.69) is 21.4 Å². The average molecular weight is 523 g/mol. The molecule has 0 unspecified atom stereocenters. The van der Waals surface area contributed by atoms with Gasteiger partial charge in [-0.15, -0.1) is 12.4 Å². The molecule has 10 nitrogen and oxygen atoms in total. The van der Waals surface area contributed by atoms with Crippen LogP contribution in [0.15, 0.2) is 36.9 Å². The summed E-state index contributed by atoms with van der Waals surface area (Å²) in [6.45, 7) is 5.73. The van der Waals surface area contributed by atoms with E-state index < -0.39 is 11.9 Å². The minimum atomic E-state index is -1.25. The Morgan fingerprint density at radius 1 is 1.31 bits per heavy atom. The molecule has 3 aromatic rings. The van der Waals surface area contributed by atoms with Gasteiger partial charge in [0, 0.05) is 18.2 Å². The van der Waals surface area contributed by atoms with Crippen molar-refractivity contribution >= 4 is 47.6 Å². The van der Waals surface area contributed by atoms with Crippen LogP contribution in [0.1, 0.15) is 60.5 Å². The molecule has 12 heteroatoms. The number of halogens is 2. The highest BCUT2D eigenvalue weighted by molar-refractivity contribution is 6.29. The summed E-state index contributed by atoms with van der Waals surface area (Å²) in [6, 6.07) is 6.29. The number of nitrogens with two attached hydrogens (primary N) is 1. The van der Waals surface area contributed by atoms with Crippen molar-refractivity contribution in [3.63, 3.8) is 0 Å². The van der Waals surface area contributed by atoms with Crippen LogP contribution in [0.4, 0.5) is 0 Å². The van der Waals surface area contributed by atoms with E-state index in [4.69, 9.17) is 27.2 Å². The zero-order valence-electron chi connectivity index (χ0n) is 19.0. The van der Waals surface area contributed by atoms with Gasteiger partial charge in [0.2, 0.25) is 0 Å². The van der Waals surface area contributed by atoms with Crippen LogP contribution >= 0.6 is 24.0 Å². The average Bonchev–Trinajstić information content (AvgIpc) is 3.38. The number of fused-ring (bicyclic) bond motifs is 2. The number of carbonyl (C=O) groups excluding carboxylic acids is 2. The number of methoxy groups -OCH3 is 1.